The van der Waals surface area contributed by atoms with Crippen LogP contribution >= 0.6 is 0 Å². The summed E-state index contributed by atoms with van der Waals surface area (Å²) in [6, 6.07) is 5.72. The number of carbonyl (C=O) groups is 2. The van der Waals surface area contributed by atoms with E-state index in [4.69, 9.17) is 4.74 Å². The maximum Gasteiger partial charge on any atom is 0.306 e. The summed E-state index contributed by atoms with van der Waals surface area (Å²) in [4.78, 5) is 23.3. The van der Waals surface area contributed by atoms with E-state index in [-0.39, 0.29) is 24.2 Å². The second kappa shape index (κ2) is 5.73. The Morgan fingerprint density at radius 3 is 2.84 bits per heavy atom. The zero-order valence-corrected chi connectivity index (χ0v) is 11.1. The number of nitrogens with one attached hydrogen (secondary N) is 1. The number of amides is 1. The van der Waals surface area contributed by atoms with Crippen LogP contribution in [0.15, 0.2) is 18.2 Å². The highest BCUT2D eigenvalue weighted by atomic mass is 16.5. The van der Waals surface area contributed by atoms with Crippen LogP contribution < -0.4 is 10.1 Å². The van der Waals surface area contributed by atoms with Crippen molar-refractivity contribution in [3.63, 3.8) is 0 Å². The molecule has 19 heavy (non-hydrogen) atoms. The van der Waals surface area contributed by atoms with Crippen molar-refractivity contribution < 1.29 is 19.1 Å². The second-order valence-electron chi connectivity index (χ2n) is 4.53. The highest BCUT2D eigenvalue weighted by Gasteiger charge is 2.26. The molecule has 0 unspecified atom stereocenters. The maximum absolute atomic E-state index is 11.9. The summed E-state index contributed by atoms with van der Waals surface area (Å²) in [6.45, 7) is 0.461. The van der Waals surface area contributed by atoms with E-state index in [2.05, 4.69) is 10.1 Å². The van der Waals surface area contributed by atoms with Gasteiger partial charge in [-0.1, -0.05) is 6.07 Å². The molecular weight excluding hydrogens is 246 g/mol. The Balaban J connectivity index is 2.21. The average molecular weight is 263 g/mol. The quantitative estimate of drug-likeness (QED) is 0.828. The fourth-order valence-electron chi connectivity index (χ4n) is 2.23. The van der Waals surface area contributed by atoms with Crippen molar-refractivity contribution in [2.45, 2.75) is 19.4 Å². The Labute approximate surface area is 111 Å². The van der Waals surface area contributed by atoms with Crippen LogP contribution in [0, 0.1) is 5.92 Å². The predicted molar refractivity (Wildman–Crippen MR) is 68.7 cm³/mol. The summed E-state index contributed by atoms with van der Waals surface area (Å²) < 4.78 is 9.80. The van der Waals surface area contributed by atoms with Crippen LogP contribution in [0.25, 0.3) is 0 Å². The van der Waals surface area contributed by atoms with Gasteiger partial charge < -0.3 is 14.8 Å². The van der Waals surface area contributed by atoms with E-state index in [9.17, 15) is 9.59 Å². The van der Waals surface area contributed by atoms with Gasteiger partial charge in [0.05, 0.1) is 26.6 Å². The van der Waals surface area contributed by atoms with Crippen molar-refractivity contribution in [1.82, 2.24) is 5.32 Å². The van der Waals surface area contributed by atoms with Crippen LogP contribution in [0.3, 0.4) is 0 Å². The fraction of sp³-hybridized carbons (Fsp3) is 0.429. The molecule has 1 amide bonds. The van der Waals surface area contributed by atoms with Gasteiger partial charge in [0.2, 0.25) is 5.91 Å². The smallest absolute Gasteiger partial charge is 0.306 e. The van der Waals surface area contributed by atoms with E-state index in [0.717, 1.165) is 16.9 Å². The first kappa shape index (κ1) is 13.4. The third-order valence-corrected chi connectivity index (χ3v) is 3.34. The summed E-state index contributed by atoms with van der Waals surface area (Å²) in [5.74, 6) is -0.0841. The van der Waals surface area contributed by atoms with Crippen molar-refractivity contribution in [3.8, 4) is 5.75 Å². The van der Waals surface area contributed by atoms with E-state index < -0.39 is 0 Å². The topological polar surface area (TPSA) is 64.6 Å². The lowest BCUT2D eigenvalue weighted by Gasteiger charge is -2.12. The summed E-state index contributed by atoms with van der Waals surface area (Å²) in [7, 11) is 2.94. The first-order valence-electron chi connectivity index (χ1n) is 6.14. The summed E-state index contributed by atoms with van der Waals surface area (Å²) in [6.07, 6.45) is 0.647. The number of carbonyl (C=O) groups excluding carboxylic acids is 2. The highest BCUT2D eigenvalue weighted by molar-refractivity contribution is 5.84. The Kier molecular flexibility index (Phi) is 4.04. The van der Waals surface area contributed by atoms with Gasteiger partial charge >= 0.3 is 5.97 Å². The summed E-state index contributed by atoms with van der Waals surface area (Å²) >= 11 is 0. The molecular formula is C14H17NO4. The molecule has 5 nitrogen and oxygen atoms in total. The van der Waals surface area contributed by atoms with Gasteiger partial charge in [-0.25, -0.2) is 0 Å². The molecule has 0 spiro atoms. The molecule has 1 aliphatic rings. The first-order valence-corrected chi connectivity index (χ1v) is 6.14. The van der Waals surface area contributed by atoms with Crippen molar-refractivity contribution in [2.75, 3.05) is 14.2 Å². The standard InChI is InChI=1S/C14H17NO4/c1-18-12-4-3-9-5-10(7-13(16)19-2)14(17)15-8-11(9)6-12/h3-4,6,10H,5,7-8H2,1-2H3,(H,15,17)/t10-/m0/s1. The number of esters is 1. The lowest BCUT2D eigenvalue weighted by atomic mass is 9.94. The van der Waals surface area contributed by atoms with Gasteiger partial charge in [0, 0.05) is 6.54 Å². The van der Waals surface area contributed by atoms with Crippen LogP contribution in [0.2, 0.25) is 0 Å². The average Bonchev–Trinajstić information content (AvgIpc) is 2.58. The zero-order valence-electron chi connectivity index (χ0n) is 11.1. The normalized spacial score (nSPS) is 18.0. The van der Waals surface area contributed by atoms with Crippen LogP contribution in [0.4, 0.5) is 0 Å². The first-order chi connectivity index (χ1) is 9.13. The van der Waals surface area contributed by atoms with E-state index in [1.165, 1.54) is 7.11 Å². The van der Waals surface area contributed by atoms with Crippen molar-refractivity contribution >= 4 is 11.9 Å². The molecule has 0 saturated carbocycles. The number of ether oxygens (including phenoxy) is 2. The van der Waals surface area contributed by atoms with Crippen LogP contribution in [-0.4, -0.2) is 26.1 Å². The highest BCUT2D eigenvalue weighted by Crippen LogP contribution is 2.24. The molecule has 0 fully saturated rings. The minimum absolute atomic E-state index is 0.105. The number of rotatable bonds is 3. The fourth-order valence-corrected chi connectivity index (χ4v) is 2.23. The molecule has 0 aliphatic carbocycles. The third kappa shape index (κ3) is 3.05. The molecule has 0 aromatic heterocycles. The molecule has 1 aromatic carbocycles. The summed E-state index contributed by atoms with van der Waals surface area (Å²) in [5.41, 5.74) is 2.09. The molecule has 1 N–H and O–H groups in total. The Morgan fingerprint density at radius 2 is 2.16 bits per heavy atom. The van der Waals surface area contributed by atoms with Gasteiger partial charge in [-0.3, -0.25) is 9.59 Å². The zero-order chi connectivity index (χ0) is 13.8. The number of fused-ring (bicyclic) bond motifs is 1. The number of benzene rings is 1. The van der Waals surface area contributed by atoms with Gasteiger partial charge in [0.1, 0.15) is 5.75 Å². The Morgan fingerprint density at radius 1 is 1.37 bits per heavy atom. The molecule has 0 saturated heterocycles. The predicted octanol–water partition coefficient (Wildman–Crippen LogP) is 1.05. The Hall–Kier alpha value is -2.04. The van der Waals surface area contributed by atoms with E-state index >= 15 is 0 Å². The van der Waals surface area contributed by atoms with E-state index in [0.29, 0.717) is 13.0 Å². The molecule has 102 valence electrons. The largest absolute Gasteiger partial charge is 0.497 e. The van der Waals surface area contributed by atoms with Crippen molar-refractivity contribution in [3.05, 3.63) is 29.3 Å². The Bertz CT molecular complexity index is 498. The number of hydrogen-bond acceptors (Lipinski definition) is 4. The minimum Gasteiger partial charge on any atom is -0.497 e. The SMILES string of the molecule is COC(=O)C[C@@H]1Cc2ccc(OC)cc2CNC1=O. The van der Waals surface area contributed by atoms with E-state index in [1.807, 2.05) is 18.2 Å². The molecule has 2 rings (SSSR count). The van der Waals surface area contributed by atoms with Gasteiger partial charge in [-0.05, 0) is 29.7 Å². The lowest BCUT2D eigenvalue weighted by molar-refractivity contribution is -0.144. The molecule has 0 radical (unpaired) electrons. The lowest BCUT2D eigenvalue weighted by Crippen LogP contribution is -2.30. The van der Waals surface area contributed by atoms with Crippen LogP contribution in [-0.2, 0) is 27.3 Å². The van der Waals surface area contributed by atoms with Crippen molar-refractivity contribution in [2.24, 2.45) is 5.92 Å². The van der Waals surface area contributed by atoms with Crippen LogP contribution in [0.1, 0.15) is 17.5 Å². The molecule has 5 heteroatoms. The number of hydrogen-bond donors (Lipinski definition) is 1. The monoisotopic (exact) mass is 263 g/mol. The van der Waals surface area contributed by atoms with Gasteiger partial charge in [-0.2, -0.15) is 0 Å². The maximum atomic E-state index is 11.9. The van der Waals surface area contributed by atoms with Gasteiger partial charge in [-0.15, -0.1) is 0 Å². The minimum atomic E-state index is -0.373. The second-order valence-corrected chi connectivity index (χ2v) is 4.53. The van der Waals surface area contributed by atoms with Crippen molar-refractivity contribution in [1.29, 1.82) is 0 Å². The molecule has 1 heterocycles. The number of methoxy groups -OCH3 is 2. The molecule has 1 atom stereocenters. The van der Waals surface area contributed by atoms with E-state index in [1.54, 1.807) is 7.11 Å². The third-order valence-electron chi connectivity index (χ3n) is 3.34. The van der Waals surface area contributed by atoms with Gasteiger partial charge in [0.25, 0.3) is 0 Å². The van der Waals surface area contributed by atoms with Crippen LogP contribution in [0.5, 0.6) is 5.75 Å². The van der Waals surface area contributed by atoms with Gasteiger partial charge in [0.15, 0.2) is 0 Å². The summed E-state index contributed by atoms with van der Waals surface area (Å²) in [5, 5.41) is 2.83. The molecule has 1 aliphatic heterocycles. The molecule has 1 aromatic rings. The molecule has 0 bridgehead atoms.